The number of nitrogens with two attached hydrogens (primary N) is 1. The van der Waals surface area contributed by atoms with Crippen LogP contribution in [0.25, 0.3) is 0 Å². The van der Waals surface area contributed by atoms with Gasteiger partial charge in [-0.1, -0.05) is 30.3 Å². The Labute approximate surface area is 161 Å². The maximum absolute atomic E-state index is 13.0. The van der Waals surface area contributed by atoms with E-state index in [1.54, 1.807) is 4.90 Å². The van der Waals surface area contributed by atoms with Crippen LogP contribution >= 0.6 is 12.4 Å². The van der Waals surface area contributed by atoms with E-state index < -0.39 is 6.04 Å². The van der Waals surface area contributed by atoms with Gasteiger partial charge in [-0.2, -0.15) is 0 Å². The fourth-order valence-electron chi connectivity index (χ4n) is 3.64. The van der Waals surface area contributed by atoms with Gasteiger partial charge in [-0.3, -0.25) is 9.59 Å². The first kappa shape index (κ1) is 20.7. The van der Waals surface area contributed by atoms with E-state index in [4.69, 9.17) is 10.5 Å². The minimum Gasteiger partial charge on any atom is -0.369 e. The molecule has 0 aromatic heterocycles. The predicted molar refractivity (Wildman–Crippen MR) is 102 cm³/mol. The van der Waals surface area contributed by atoms with E-state index in [2.05, 4.69) is 0 Å². The zero-order chi connectivity index (χ0) is 17.8. The first-order chi connectivity index (χ1) is 12.1. The highest BCUT2D eigenvalue weighted by atomic mass is 35.5. The first-order valence-corrected chi connectivity index (χ1v) is 9.01. The van der Waals surface area contributed by atoms with Crippen molar-refractivity contribution < 1.29 is 14.3 Å². The van der Waals surface area contributed by atoms with Crippen molar-refractivity contribution in [3.8, 4) is 0 Å². The quantitative estimate of drug-likeness (QED) is 0.855. The molecule has 3 rings (SSSR count). The molecular formula is C19H28ClN3O3. The second-order valence-electron chi connectivity index (χ2n) is 7.06. The summed E-state index contributed by atoms with van der Waals surface area (Å²) in [4.78, 5) is 28.9. The number of carbonyl (C=O) groups excluding carboxylic acids is 2. The Morgan fingerprint density at radius 2 is 1.92 bits per heavy atom. The first-order valence-electron chi connectivity index (χ1n) is 9.01. The number of amides is 2. The lowest BCUT2D eigenvalue weighted by atomic mass is 9.90. The molecule has 26 heavy (non-hydrogen) atoms. The molecule has 2 atom stereocenters. The molecule has 7 heteroatoms. The number of piperidine rings is 1. The molecule has 144 valence electrons. The summed E-state index contributed by atoms with van der Waals surface area (Å²) in [6.07, 6.45) is 1.84. The molecule has 1 unspecified atom stereocenters. The summed E-state index contributed by atoms with van der Waals surface area (Å²) < 4.78 is 5.37. The summed E-state index contributed by atoms with van der Waals surface area (Å²) in [5.74, 6) is 0.333. The molecule has 2 amide bonds. The number of rotatable bonds is 4. The van der Waals surface area contributed by atoms with Crippen LogP contribution in [-0.4, -0.2) is 60.0 Å². The molecule has 2 N–H and O–H groups in total. The molecule has 0 aliphatic carbocycles. The van der Waals surface area contributed by atoms with Crippen molar-refractivity contribution in [1.82, 2.24) is 9.80 Å². The number of benzene rings is 1. The van der Waals surface area contributed by atoms with E-state index in [0.29, 0.717) is 25.6 Å². The standard InChI is InChI=1S/C19H27N3O3.ClH/c1-14(20)16-7-9-21(10-8-16)19(24)17-12-25-13-18(23)22(17)11-15-5-3-2-4-6-15;/h2-6,14,16-17H,7-13,20H2,1H3;1H/t14?,17-;/m1./s1. The minimum absolute atomic E-state index is 0. The fourth-order valence-corrected chi connectivity index (χ4v) is 3.64. The third kappa shape index (κ3) is 4.75. The van der Waals surface area contributed by atoms with Crippen LogP contribution in [-0.2, 0) is 20.9 Å². The van der Waals surface area contributed by atoms with Crippen LogP contribution < -0.4 is 5.73 Å². The smallest absolute Gasteiger partial charge is 0.249 e. The summed E-state index contributed by atoms with van der Waals surface area (Å²) in [5.41, 5.74) is 7.00. The van der Waals surface area contributed by atoms with Gasteiger partial charge in [-0.15, -0.1) is 12.4 Å². The predicted octanol–water partition coefficient (Wildman–Crippen LogP) is 1.42. The van der Waals surface area contributed by atoms with Gasteiger partial charge in [-0.05, 0) is 31.2 Å². The second-order valence-corrected chi connectivity index (χ2v) is 7.06. The zero-order valence-corrected chi connectivity index (χ0v) is 16.0. The topological polar surface area (TPSA) is 75.9 Å². The maximum atomic E-state index is 13.0. The number of likely N-dealkylation sites (tertiary alicyclic amines) is 1. The third-order valence-corrected chi connectivity index (χ3v) is 5.27. The Morgan fingerprint density at radius 3 is 2.54 bits per heavy atom. The van der Waals surface area contributed by atoms with Crippen molar-refractivity contribution in [1.29, 1.82) is 0 Å². The largest absolute Gasteiger partial charge is 0.369 e. The molecule has 2 heterocycles. The van der Waals surface area contributed by atoms with Gasteiger partial charge in [0.1, 0.15) is 12.6 Å². The lowest BCUT2D eigenvalue weighted by Gasteiger charge is -2.40. The van der Waals surface area contributed by atoms with Gasteiger partial charge >= 0.3 is 0 Å². The van der Waals surface area contributed by atoms with Gasteiger partial charge < -0.3 is 20.3 Å². The van der Waals surface area contributed by atoms with Crippen LogP contribution in [0.2, 0.25) is 0 Å². The van der Waals surface area contributed by atoms with E-state index in [0.717, 1.165) is 18.4 Å². The highest BCUT2D eigenvalue weighted by Crippen LogP contribution is 2.22. The molecule has 2 saturated heterocycles. The molecule has 6 nitrogen and oxygen atoms in total. The van der Waals surface area contributed by atoms with E-state index in [-0.39, 0.29) is 43.5 Å². The molecule has 0 saturated carbocycles. The van der Waals surface area contributed by atoms with Crippen molar-refractivity contribution in [2.75, 3.05) is 26.3 Å². The summed E-state index contributed by atoms with van der Waals surface area (Å²) in [6.45, 7) is 4.19. The lowest BCUT2D eigenvalue weighted by molar-refractivity contribution is -0.160. The number of hydrogen-bond donors (Lipinski definition) is 1. The SMILES string of the molecule is CC(N)C1CCN(C(=O)[C@H]2COCC(=O)N2Cc2ccccc2)CC1.Cl. The maximum Gasteiger partial charge on any atom is 0.249 e. The highest BCUT2D eigenvalue weighted by molar-refractivity contribution is 5.89. The Morgan fingerprint density at radius 1 is 1.27 bits per heavy atom. The Hall–Kier alpha value is -1.63. The van der Waals surface area contributed by atoms with Crippen molar-refractivity contribution in [3.05, 3.63) is 35.9 Å². The van der Waals surface area contributed by atoms with Crippen LogP contribution in [0.5, 0.6) is 0 Å². The molecule has 2 fully saturated rings. The summed E-state index contributed by atoms with van der Waals surface area (Å²) in [5, 5.41) is 0. The van der Waals surface area contributed by atoms with Crippen molar-refractivity contribution in [2.45, 2.75) is 38.4 Å². The van der Waals surface area contributed by atoms with Crippen molar-refractivity contribution in [3.63, 3.8) is 0 Å². The van der Waals surface area contributed by atoms with Gasteiger partial charge in [0.25, 0.3) is 0 Å². The van der Waals surface area contributed by atoms with Crippen LogP contribution in [0.4, 0.5) is 0 Å². The molecule has 0 radical (unpaired) electrons. The molecule has 1 aromatic rings. The van der Waals surface area contributed by atoms with Crippen LogP contribution in [0.15, 0.2) is 30.3 Å². The van der Waals surface area contributed by atoms with Crippen LogP contribution in [0.1, 0.15) is 25.3 Å². The zero-order valence-electron chi connectivity index (χ0n) is 15.2. The average Bonchev–Trinajstić information content (AvgIpc) is 2.64. The summed E-state index contributed by atoms with van der Waals surface area (Å²) in [7, 11) is 0. The molecule has 2 aliphatic rings. The number of hydrogen-bond acceptors (Lipinski definition) is 4. The van der Waals surface area contributed by atoms with Gasteiger partial charge in [0.15, 0.2) is 0 Å². The molecule has 0 spiro atoms. The van der Waals surface area contributed by atoms with E-state index in [1.807, 2.05) is 42.2 Å². The number of ether oxygens (including phenoxy) is 1. The molecule has 0 bridgehead atoms. The normalized spacial score (nSPS) is 22.7. The van der Waals surface area contributed by atoms with Crippen LogP contribution in [0, 0.1) is 5.92 Å². The highest BCUT2D eigenvalue weighted by Gasteiger charge is 2.37. The number of halogens is 1. The van der Waals surface area contributed by atoms with E-state index >= 15 is 0 Å². The van der Waals surface area contributed by atoms with Gasteiger partial charge in [0.05, 0.1) is 6.61 Å². The van der Waals surface area contributed by atoms with Gasteiger partial charge in [-0.25, -0.2) is 0 Å². The Bertz CT molecular complexity index is 603. The molecule has 2 aliphatic heterocycles. The van der Waals surface area contributed by atoms with Gasteiger partial charge in [0, 0.05) is 25.7 Å². The fraction of sp³-hybridized carbons (Fsp3) is 0.579. The second kappa shape index (κ2) is 9.35. The average molecular weight is 382 g/mol. The monoisotopic (exact) mass is 381 g/mol. The van der Waals surface area contributed by atoms with Crippen molar-refractivity contribution >= 4 is 24.2 Å². The Kier molecular flexibility index (Phi) is 7.43. The Balaban J connectivity index is 0.00000243. The number of nitrogens with zero attached hydrogens (tertiary/aromatic N) is 2. The molecular weight excluding hydrogens is 354 g/mol. The summed E-state index contributed by atoms with van der Waals surface area (Å²) in [6, 6.07) is 9.39. The summed E-state index contributed by atoms with van der Waals surface area (Å²) >= 11 is 0. The number of carbonyl (C=O) groups is 2. The van der Waals surface area contributed by atoms with E-state index in [9.17, 15) is 9.59 Å². The van der Waals surface area contributed by atoms with Crippen molar-refractivity contribution in [2.24, 2.45) is 11.7 Å². The lowest BCUT2D eigenvalue weighted by Crippen LogP contribution is -2.58. The van der Waals surface area contributed by atoms with Crippen LogP contribution in [0.3, 0.4) is 0 Å². The molecule has 1 aromatic carbocycles. The number of morpholine rings is 1. The minimum atomic E-state index is -0.534. The third-order valence-electron chi connectivity index (χ3n) is 5.27. The van der Waals surface area contributed by atoms with E-state index in [1.165, 1.54) is 0 Å². The van der Waals surface area contributed by atoms with Gasteiger partial charge in [0.2, 0.25) is 11.8 Å².